The second kappa shape index (κ2) is 7.87. The summed E-state index contributed by atoms with van der Waals surface area (Å²) in [4.78, 5) is 17.0. The smallest absolute Gasteiger partial charge is 0.258 e. The molecule has 0 aliphatic heterocycles. The van der Waals surface area contributed by atoms with Gasteiger partial charge < -0.3 is 14.6 Å². The van der Waals surface area contributed by atoms with E-state index in [2.05, 4.69) is 10.3 Å². The van der Waals surface area contributed by atoms with E-state index in [1.165, 1.54) is 0 Å². The molecule has 0 bridgehead atoms. The van der Waals surface area contributed by atoms with Crippen molar-refractivity contribution in [2.45, 2.75) is 19.9 Å². The molecular formula is C21H23N3O2. The van der Waals surface area contributed by atoms with Crippen molar-refractivity contribution in [3.8, 4) is 5.75 Å². The Morgan fingerprint density at radius 2 is 1.81 bits per heavy atom. The van der Waals surface area contributed by atoms with E-state index in [9.17, 15) is 4.79 Å². The number of imidazole rings is 1. The average Bonchev–Trinajstić information content (AvgIpc) is 3.06. The molecule has 1 heterocycles. The summed E-state index contributed by atoms with van der Waals surface area (Å²) in [6, 6.07) is 15.4. The normalized spacial score (nSPS) is 11.8. The summed E-state index contributed by atoms with van der Waals surface area (Å²) in [5.74, 6) is 1.34. The lowest BCUT2D eigenvalue weighted by molar-refractivity contribution is -0.123. The van der Waals surface area contributed by atoms with Crippen molar-refractivity contribution >= 4 is 5.91 Å². The number of aromatic nitrogens is 2. The van der Waals surface area contributed by atoms with Crippen LogP contribution in [0.2, 0.25) is 0 Å². The van der Waals surface area contributed by atoms with Crippen molar-refractivity contribution in [2.24, 2.45) is 7.05 Å². The first-order valence-electron chi connectivity index (χ1n) is 8.57. The molecule has 1 amide bonds. The zero-order chi connectivity index (χ0) is 18.5. The molecule has 0 saturated carbocycles. The van der Waals surface area contributed by atoms with Gasteiger partial charge in [0.2, 0.25) is 0 Å². The number of carbonyl (C=O) groups is 1. The minimum absolute atomic E-state index is 0.0422. The van der Waals surface area contributed by atoms with E-state index in [1.54, 1.807) is 6.20 Å². The monoisotopic (exact) mass is 349 g/mol. The van der Waals surface area contributed by atoms with Gasteiger partial charge in [0.15, 0.2) is 6.61 Å². The summed E-state index contributed by atoms with van der Waals surface area (Å²) in [5.41, 5.74) is 3.00. The second-order valence-electron chi connectivity index (χ2n) is 6.32. The lowest BCUT2D eigenvalue weighted by Crippen LogP contribution is -2.34. The van der Waals surface area contributed by atoms with Crippen molar-refractivity contribution in [3.63, 3.8) is 0 Å². The predicted molar refractivity (Wildman–Crippen MR) is 101 cm³/mol. The van der Waals surface area contributed by atoms with Gasteiger partial charge >= 0.3 is 0 Å². The molecule has 0 fully saturated rings. The SMILES string of the molecule is Cc1cccc(C)c1OCC(=O)N[C@@H](c1ccccc1)c1nccn1C. The van der Waals surface area contributed by atoms with E-state index in [0.717, 1.165) is 28.3 Å². The summed E-state index contributed by atoms with van der Waals surface area (Å²) in [5, 5.41) is 3.04. The molecule has 3 aromatic rings. The lowest BCUT2D eigenvalue weighted by atomic mass is 10.1. The number of ether oxygens (including phenoxy) is 1. The van der Waals surface area contributed by atoms with Crippen LogP contribution in [0.15, 0.2) is 60.9 Å². The van der Waals surface area contributed by atoms with Gasteiger partial charge in [0.25, 0.3) is 5.91 Å². The molecular weight excluding hydrogens is 326 g/mol. The fourth-order valence-corrected chi connectivity index (χ4v) is 2.96. The lowest BCUT2D eigenvalue weighted by Gasteiger charge is -2.20. The Labute approximate surface area is 153 Å². The molecule has 134 valence electrons. The van der Waals surface area contributed by atoms with Crippen LogP contribution in [0.3, 0.4) is 0 Å². The third-order valence-corrected chi connectivity index (χ3v) is 4.31. The van der Waals surface area contributed by atoms with Crippen molar-refractivity contribution < 1.29 is 9.53 Å². The summed E-state index contributed by atoms with van der Waals surface area (Å²) in [6.45, 7) is 3.90. The second-order valence-corrected chi connectivity index (χ2v) is 6.32. The number of rotatable bonds is 6. The predicted octanol–water partition coefficient (Wildman–Crippen LogP) is 3.32. The quantitative estimate of drug-likeness (QED) is 0.743. The van der Waals surface area contributed by atoms with Gasteiger partial charge in [-0.2, -0.15) is 0 Å². The number of nitrogens with zero attached hydrogens (tertiary/aromatic N) is 2. The molecule has 5 nitrogen and oxygen atoms in total. The molecule has 5 heteroatoms. The molecule has 0 aliphatic carbocycles. The molecule has 0 spiro atoms. The number of benzene rings is 2. The number of amides is 1. The molecule has 0 aliphatic rings. The van der Waals surface area contributed by atoms with Gasteiger partial charge in [0.05, 0.1) is 0 Å². The van der Waals surface area contributed by atoms with Gasteiger partial charge in [0.1, 0.15) is 17.6 Å². The Morgan fingerprint density at radius 3 is 2.42 bits per heavy atom. The maximum absolute atomic E-state index is 12.6. The van der Waals surface area contributed by atoms with Crippen LogP contribution in [0.25, 0.3) is 0 Å². The highest BCUT2D eigenvalue weighted by atomic mass is 16.5. The number of hydrogen-bond donors (Lipinski definition) is 1. The van der Waals surface area contributed by atoms with Gasteiger partial charge in [-0.25, -0.2) is 4.98 Å². The summed E-state index contributed by atoms with van der Waals surface area (Å²) < 4.78 is 7.68. The van der Waals surface area contributed by atoms with Crippen LogP contribution in [0, 0.1) is 13.8 Å². The summed E-state index contributed by atoms with van der Waals surface area (Å²) >= 11 is 0. The first-order valence-corrected chi connectivity index (χ1v) is 8.57. The van der Waals surface area contributed by atoms with E-state index in [1.807, 2.05) is 80.2 Å². The van der Waals surface area contributed by atoms with Crippen molar-refractivity contribution in [1.82, 2.24) is 14.9 Å². The van der Waals surface area contributed by atoms with Crippen LogP contribution < -0.4 is 10.1 Å². The van der Waals surface area contributed by atoms with E-state index >= 15 is 0 Å². The topological polar surface area (TPSA) is 56.1 Å². The van der Waals surface area contributed by atoms with Crippen LogP contribution in [-0.4, -0.2) is 22.1 Å². The van der Waals surface area contributed by atoms with Crippen molar-refractivity contribution in [2.75, 3.05) is 6.61 Å². The maximum atomic E-state index is 12.6. The number of aryl methyl sites for hydroxylation is 3. The fourth-order valence-electron chi connectivity index (χ4n) is 2.96. The van der Waals surface area contributed by atoms with Gasteiger partial charge in [-0.3, -0.25) is 4.79 Å². The Bertz CT molecular complexity index is 867. The minimum Gasteiger partial charge on any atom is -0.483 e. The van der Waals surface area contributed by atoms with Crippen molar-refractivity contribution in [3.05, 3.63) is 83.4 Å². The van der Waals surface area contributed by atoms with E-state index in [-0.39, 0.29) is 18.6 Å². The Hall–Kier alpha value is -3.08. The zero-order valence-corrected chi connectivity index (χ0v) is 15.3. The van der Waals surface area contributed by atoms with Crippen LogP contribution in [-0.2, 0) is 11.8 Å². The molecule has 26 heavy (non-hydrogen) atoms. The molecule has 1 aromatic heterocycles. The molecule has 0 radical (unpaired) electrons. The van der Waals surface area contributed by atoms with Gasteiger partial charge in [-0.1, -0.05) is 48.5 Å². The molecule has 0 unspecified atom stereocenters. The Balaban J connectivity index is 1.75. The standard InChI is InChI=1S/C21H23N3O2/c1-15-8-7-9-16(2)20(15)26-14-18(25)23-19(17-10-5-4-6-11-17)21-22-12-13-24(21)3/h4-13,19H,14H2,1-3H3,(H,23,25)/t19-/m0/s1. The first kappa shape index (κ1) is 17.7. The summed E-state index contributed by atoms with van der Waals surface area (Å²) in [7, 11) is 1.91. The van der Waals surface area contributed by atoms with Gasteiger partial charge in [-0.15, -0.1) is 0 Å². The number of nitrogens with one attached hydrogen (secondary N) is 1. The molecule has 2 aromatic carbocycles. The fraction of sp³-hybridized carbons (Fsp3) is 0.238. The number of para-hydroxylation sites is 1. The van der Waals surface area contributed by atoms with Crippen LogP contribution >= 0.6 is 0 Å². The van der Waals surface area contributed by atoms with Crippen LogP contribution in [0.5, 0.6) is 5.75 Å². The first-order chi connectivity index (χ1) is 12.6. The molecule has 0 saturated heterocycles. The minimum atomic E-state index is -0.328. The van der Waals surface area contributed by atoms with Gasteiger partial charge in [-0.05, 0) is 30.5 Å². The highest BCUT2D eigenvalue weighted by molar-refractivity contribution is 5.78. The van der Waals surface area contributed by atoms with Crippen LogP contribution in [0.4, 0.5) is 0 Å². The third kappa shape index (κ3) is 3.94. The third-order valence-electron chi connectivity index (χ3n) is 4.31. The highest BCUT2D eigenvalue weighted by Gasteiger charge is 2.21. The van der Waals surface area contributed by atoms with E-state index < -0.39 is 0 Å². The molecule has 3 rings (SSSR count). The van der Waals surface area contributed by atoms with E-state index in [4.69, 9.17) is 4.74 Å². The molecule has 1 atom stereocenters. The largest absolute Gasteiger partial charge is 0.483 e. The highest BCUT2D eigenvalue weighted by Crippen LogP contribution is 2.23. The average molecular weight is 349 g/mol. The van der Waals surface area contributed by atoms with E-state index in [0.29, 0.717) is 0 Å². The van der Waals surface area contributed by atoms with Crippen LogP contribution in [0.1, 0.15) is 28.6 Å². The Morgan fingerprint density at radius 1 is 1.12 bits per heavy atom. The van der Waals surface area contributed by atoms with Crippen molar-refractivity contribution in [1.29, 1.82) is 0 Å². The maximum Gasteiger partial charge on any atom is 0.258 e. The summed E-state index contributed by atoms with van der Waals surface area (Å²) in [6.07, 6.45) is 3.59. The zero-order valence-electron chi connectivity index (χ0n) is 15.3. The Kier molecular flexibility index (Phi) is 5.37. The molecule has 1 N–H and O–H groups in total. The number of carbonyl (C=O) groups excluding carboxylic acids is 1. The van der Waals surface area contributed by atoms with Gasteiger partial charge in [0, 0.05) is 19.4 Å². The number of hydrogen-bond acceptors (Lipinski definition) is 3.